The Labute approximate surface area is 115 Å². The molecule has 0 spiro atoms. The normalized spacial score (nSPS) is 15.2. The molecule has 3 heteroatoms. The molecular weight excluding hydrogens is 250 g/mol. The quantitative estimate of drug-likeness (QED) is 0.714. The van der Waals surface area contributed by atoms with Crippen molar-refractivity contribution in [1.82, 2.24) is 5.32 Å². The van der Waals surface area contributed by atoms with Crippen molar-refractivity contribution in [3.05, 3.63) is 21.3 Å². The lowest BCUT2D eigenvalue weighted by molar-refractivity contribution is 0.426. The smallest absolute Gasteiger partial charge is 0.0931 e. The molecule has 0 aliphatic rings. The van der Waals surface area contributed by atoms with Crippen LogP contribution in [0.2, 0.25) is 4.34 Å². The van der Waals surface area contributed by atoms with E-state index < -0.39 is 0 Å². The number of nitrogens with one attached hydrogen (secondary N) is 1. The van der Waals surface area contributed by atoms with E-state index in [1.165, 1.54) is 24.1 Å². The van der Waals surface area contributed by atoms with Crippen LogP contribution in [0.4, 0.5) is 0 Å². The molecular formula is C14H24ClNS. The fraction of sp³-hybridized carbons (Fsp3) is 0.714. The van der Waals surface area contributed by atoms with Gasteiger partial charge in [-0.1, -0.05) is 38.3 Å². The largest absolute Gasteiger partial charge is 0.307 e. The third kappa shape index (κ3) is 5.89. The highest BCUT2D eigenvalue weighted by molar-refractivity contribution is 7.16. The van der Waals surface area contributed by atoms with Gasteiger partial charge >= 0.3 is 0 Å². The first-order chi connectivity index (χ1) is 7.99. The second-order valence-electron chi connectivity index (χ2n) is 5.26. The minimum atomic E-state index is 0.404. The Balaban J connectivity index is 2.28. The molecule has 2 unspecified atom stereocenters. The molecule has 0 aromatic carbocycles. The molecule has 1 aromatic heterocycles. The van der Waals surface area contributed by atoms with Crippen LogP contribution in [-0.2, 0) is 0 Å². The molecule has 1 rings (SSSR count). The van der Waals surface area contributed by atoms with Crippen molar-refractivity contribution in [2.75, 3.05) is 0 Å². The molecule has 2 atom stereocenters. The first kappa shape index (κ1) is 15.0. The Bertz CT molecular complexity index is 322. The Morgan fingerprint density at radius 2 is 1.88 bits per heavy atom. The summed E-state index contributed by atoms with van der Waals surface area (Å²) >= 11 is 7.62. The first-order valence-corrected chi connectivity index (χ1v) is 7.69. The van der Waals surface area contributed by atoms with Crippen LogP contribution in [0.25, 0.3) is 0 Å². The summed E-state index contributed by atoms with van der Waals surface area (Å²) in [6, 6.07) is 5.07. The molecule has 1 aromatic rings. The second kappa shape index (κ2) is 7.40. The predicted octanol–water partition coefficient (Wildman–Crippen LogP) is 5.27. The predicted molar refractivity (Wildman–Crippen MR) is 79.0 cm³/mol. The van der Waals surface area contributed by atoms with E-state index in [4.69, 9.17) is 11.6 Å². The summed E-state index contributed by atoms with van der Waals surface area (Å²) < 4.78 is 0.876. The Morgan fingerprint density at radius 1 is 1.18 bits per heavy atom. The third-order valence-corrected chi connectivity index (χ3v) is 4.39. The van der Waals surface area contributed by atoms with Crippen molar-refractivity contribution in [2.45, 2.75) is 59.0 Å². The van der Waals surface area contributed by atoms with E-state index in [2.05, 4.69) is 39.1 Å². The van der Waals surface area contributed by atoms with Gasteiger partial charge in [-0.15, -0.1) is 11.3 Å². The topological polar surface area (TPSA) is 12.0 Å². The lowest BCUT2D eigenvalue weighted by Crippen LogP contribution is -2.28. The maximum Gasteiger partial charge on any atom is 0.0931 e. The molecule has 0 saturated carbocycles. The highest BCUT2D eigenvalue weighted by Crippen LogP contribution is 2.27. The van der Waals surface area contributed by atoms with Crippen LogP contribution in [0.15, 0.2) is 12.1 Å². The molecule has 98 valence electrons. The summed E-state index contributed by atoms with van der Waals surface area (Å²) in [5.74, 6) is 0.815. The summed E-state index contributed by atoms with van der Waals surface area (Å²) in [4.78, 5) is 1.32. The van der Waals surface area contributed by atoms with Gasteiger partial charge in [-0.25, -0.2) is 0 Å². The van der Waals surface area contributed by atoms with Gasteiger partial charge in [0.05, 0.1) is 4.34 Å². The van der Waals surface area contributed by atoms with Crippen molar-refractivity contribution >= 4 is 22.9 Å². The maximum absolute atomic E-state index is 5.95. The van der Waals surface area contributed by atoms with Gasteiger partial charge in [-0.05, 0) is 38.3 Å². The molecule has 0 amide bonds. The van der Waals surface area contributed by atoms with Gasteiger partial charge in [0.25, 0.3) is 0 Å². The average molecular weight is 274 g/mol. The minimum absolute atomic E-state index is 0.404. The zero-order chi connectivity index (χ0) is 12.8. The van der Waals surface area contributed by atoms with E-state index in [1.54, 1.807) is 11.3 Å². The minimum Gasteiger partial charge on any atom is -0.307 e. The number of rotatable bonds is 7. The Hall–Kier alpha value is -0.0500. The highest BCUT2D eigenvalue weighted by Gasteiger charge is 2.11. The van der Waals surface area contributed by atoms with E-state index in [1.807, 2.05) is 6.07 Å². The average Bonchev–Trinajstić information content (AvgIpc) is 2.64. The van der Waals surface area contributed by atoms with E-state index in [0.29, 0.717) is 12.1 Å². The maximum atomic E-state index is 5.95. The van der Waals surface area contributed by atoms with Crippen molar-refractivity contribution < 1.29 is 0 Å². The molecule has 17 heavy (non-hydrogen) atoms. The molecule has 1 nitrogen and oxygen atoms in total. The molecule has 0 radical (unpaired) electrons. The van der Waals surface area contributed by atoms with Crippen molar-refractivity contribution in [2.24, 2.45) is 5.92 Å². The number of halogens is 1. The first-order valence-electron chi connectivity index (χ1n) is 6.50. The van der Waals surface area contributed by atoms with Crippen molar-refractivity contribution in [3.63, 3.8) is 0 Å². The van der Waals surface area contributed by atoms with Crippen LogP contribution in [0.5, 0.6) is 0 Å². The van der Waals surface area contributed by atoms with Crippen LogP contribution in [0.1, 0.15) is 57.9 Å². The number of hydrogen-bond donors (Lipinski definition) is 1. The zero-order valence-electron chi connectivity index (χ0n) is 11.3. The van der Waals surface area contributed by atoms with Gasteiger partial charge in [0.15, 0.2) is 0 Å². The standard InChI is InChI=1S/C14H24ClNS/c1-10(2)6-5-7-11(3)16-12(4)13-8-9-14(15)17-13/h8-12,16H,5-7H2,1-4H3. The lowest BCUT2D eigenvalue weighted by atomic mass is 10.0. The van der Waals surface area contributed by atoms with Gasteiger partial charge in [-0.2, -0.15) is 0 Å². The van der Waals surface area contributed by atoms with Gasteiger partial charge in [0.2, 0.25) is 0 Å². The SMILES string of the molecule is CC(C)CCCC(C)NC(C)c1ccc(Cl)s1. The van der Waals surface area contributed by atoms with E-state index in [0.717, 1.165) is 10.3 Å². The van der Waals surface area contributed by atoms with E-state index in [9.17, 15) is 0 Å². The van der Waals surface area contributed by atoms with Gasteiger partial charge < -0.3 is 5.32 Å². The molecule has 0 fully saturated rings. The molecule has 0 bridgehead atoms. The zero-order valence-corrected chi connectivity index (χ0v) is 12.9. The summed E-state index contributed by atoms with van der Waals surface area (Å²) in [5.41, 5.74) is 0. The van der Waals surface area contributed by atoms with Crippen molar-refractivity contribution in [3.8, 4) is 0 Å². The summed E-state index contributed by atoms with van der Waals surface area (Å²) in [5, 5.41) is 3.63. The highest BCUT2D eigenvalue weighted by atomic mass is 35.5. The fourth-order valence-corrected chi connectivity index (χ4v) is 3.06. The lowest BCUT2D eigenvalue weighted by Gasteiger charge is -2.19. The third-order valence-electron chi connectivity index (χ3n) is 2.97. The second-order valence-corrected chi connectivity index (χ2v) is 7.00. The van der Waals surface area contributed by atoms with Gasteiger partial charge in [0.1, 0.15) is 0 Å². The van der Waals surface area contributed by atoms with E-state index >= 15 is 0 Å². The van der Waals surface area contributed by atoms with Gasteiger partial charge in [0, 0.05) is 17.0 Å². The fourth-order valence-electron chi connectivity index (χ4n) is 1.99. The van der Waals surface area contributed by atoms with Gasteiger partial charge in [-0.3, -0.25) is 0 Å². The summed E-state index contributed by atoms with van der Waals surface area (Å²) in [7, 11) is 0. The molecule has 0 saturated heterocycles. The molecule has 1 N–H and O–H groups in total. The summed E-state index contributed by atoms with van der Waals surface area (Å²) in [6.45, 7) is 9.05. The molecule has 0 aliphatic carbocycles. The van der Waals surface area contributed by atoms with Crippen LogP contribution in [0.3, 0.4) is 0 Å². The van der Waals surface area contributed by atoms with E-state index in [-0.39, 0.29) is 0 Å². The van der Waals surface area contributed by atoms with Crippen LogP contribution in [0, 0.1) is 5.92 Å². The number of thiophene rings is 1. The van der Waals surface area contributed by atoms with Crippen LogP contribution in [-0.4, -0.2) is 6.04 Å². The van der Waals surface area contributed by atoms with Crippen LogP contribution < -0.4 is 5.32 Å². The summed E-state index contributed by atoms with van der Waals surface area (Å²) in [6.07, 6.45) is 3.89. The monoisotopic (exact) mass is 273 g/mol. The Morgan fingerprint density at radius 3 is 2.41 bits per heavy atom. The Kier molecular flexibility index (Phi) is 6.53. The van der Waals surface area contributed by atoms with Crippen molar-refractivity contribution in [1.29, 1.82) is 0 Å². The van der Waals surface area contributed by atoms with Crippen LogP contribution >= 0.6 is 22.9 Å². The number of hydrogen-bond acceptors (Lipinski definition) is 2. The molecule has 0 aliphatic heterocycles. The molecule has 1 heterocycles.